The third-order valence-electron chi connectivity index (χ3n) is 2.85. The van der Waals surface area contributed by atoms with Crippen LogP contribution in [0.25, 0.3) is 0 Å². The maximum atomic E-state index is 5.94. The Bertz CT molecular complexity index is 325. The number of hydrogen-bond acceptors (Lipinski definition) is 3. The molecule has 1 aromatic heterocycles. The summed E-state index contributed by atoms with van der Waals surface area (Å²) in [5, 5.41) is 3.47. The SMILES string of the molecule is CCNC(Cc1ccc(Cl)s1)C(C)(C)OC. The largest absolute Gasteiger partial charge is 0.377 e. The van der Waals surface area contributed by atoms with Gasteiger partial charge in [0.05, 0.1) is 9.94 Å². The van der Waals surface area contributed by atoms with Gasteiger partial charge in [-0.1, -0.05) is 18.5 Å². The van der Waals surface area contributed by atoms with Gasteiger partial charge >= 0.3 is 0 Å². The summed E-state index contributed by atoms with van der Waals surface area (Å²) >= 11 is 7.57. The maximum Gasteiger partial charge on any atom is 0.0931 e. The summed E-state index contributed by atoms with van der Waals surface area (Å²) in [5.41, 5.74) is -0.174. The van der Waals surface area contributed by atoms with E-state index in [-0.39, 0.29) is 5.60 Å². The van der Waals surface area contributed by atoms with E-state index in [1.165, 1.54) is 4.88 Å². The lowest BCUT2D eigenvalue weighted by atomic mass is 9.95. The third-order valence-corrected chi connectivity index (χ3v) is 4.10. The van der Waals surface area contributed by atoms with Crippen LogP contribution in [0.2, 0.25) is 4.34 Å². The molecule has 0 aliphatic heterocycles. The molecule has 0 bridgehead atoms. The van der Waals surface area contributed by atoms with Gasteiger partial charge in [0.2, 0.25) is 0 Å². The van der Waals surface area contributed by atoms with Crippen LogP contribution < -0.4 is 5.32 Å². The number of ether oxygens (including phenoxy) is 1. The number of halogens is 1. The van der Waals surface area contributed by atoms with Crippen molar-refractivity contribution in [3.63, 3.8) is 0 Å². The summed E-state index contributed by atoms with van der Waals surface area (Å²) < 4.78 is 6.39. The molecular formula is C12H20ClNOS. The monoisotopic (exact) mass is 261 g/mol. The van der Waals surface area contributed by atoms with Crippen LogP contribution in [-0.2, 0) is 11.2 Å². The molecular weight excluding hydrogens is 242 g/mol. The Labute approximate surface area is 107 Å². The maximum absolute atomic E-state index is 5.94. The van der Waals surface area contributed by atoms with Crippen LogP contribution in [0.3, 0.4) is 0 Å². The summed E-state index contributed by atoms with van der Waals surface area (Å²) in [6.45, 7) is 7.27. The van der Waals surface area contributed by atoms with Crippen molar-refractivity contribution in [3.05, 3.63) is 21.3 Å². The lowest BCUT2D eigenvalue weighted by Crippen LogP contribution is -2.49. The number of nitrogens with one attached hydrogen (secondary N) is 1. The highest BCUT2D eigenvalue weighted by Gasteiger charge is 2.28. The molecule has 0 aromatic carbocycles. The molecule has 4 heteroatoms. The molecule has 0 fully saturated rings. The molecule has 0 aliphatic rings. The van der Waals surface area contributed by atoms with Crippen molar-refractivity contribution in [2.24, 2.45) is 0 Å². The minimum atomic E-state index is -0.174. The zero-order valence-electron chi connectivity index (χ0n) is 10.3. The predicted molar refractivity (Wildman–Crippen MR) is 71.6 cm³/mol. The number of thiophene rings is 1. The lowest BCUT2D eigenvalue weighted by molar-refractivity contribution is -0.00939. The van der Waals surface area contributed by atoms with Gasteiger partial charge in [0.15, 0.2) is 0 Å². The van der Waals surface area contributed by atoms with Crippen LogP contribution in [0.15, 0.2) is 12.1 Å². The Balaban J connectivity index is 2.71. The summed E-state index contributed by atoms with van der Waals surface area (Å²) in [4.78, 5) is 1.29. The van der Waals surface area contributed by atoms with Crippen LogP contribution in [0.4, 0.5) is 0 Å². The second-order valence-corrected chi connectivity index (χ2v) is 6.13. The first kappa shape index (κ1) is 14.0. The molecule has 92 valence electrons. The highest BCUT2D eigenvalue weighted by Crippen LogP contribution is 2.25. The quantitative estimate of drug-likeness (QED) is 0.848. The molecule has 2 nitrogen and oxygen atoms in total. The van der Waals surface area contributed by atoms with E-state index in [2.05, 4.69) is 32.2 Å². The Morgan fingerprint density at radius 3 is 2.62 bits per heavy atom. The number of methoxy groups -OCH3 is 1. The molecule has 0 spiro atoms. The molecule has 1 aromatic rings. The first-order valence-corrected chi connectivity index (χ1v) is 6.71. The van der Waals surface area contributed by atoms with E-state index in [9.17, 15) is 0 Å². The second kappa shape index (κ2) is 6.01. The fraction of sp³-hybridized carbons (Fsp3) is 0.667. The molecule has 1 heterocycles. The number of rotatable bonds is 6. The van der Waals surface area contributed by atoms with E-state index in [0.717, 1.165) is 17.3 Å². The van der Waals surface area contributed by atoms with Gasteiger partial charge in [-0.25, -0.2) is 0 Å². The van der Waals surface area contributed by atoms with E-state index in [1.807, 2.05) is 6.07 Å². The standard InChI is InChI=1S/C12H20ClNOS/c1-5-14-10(12(2,3)15-4)8-9-6-7-11(13)16-9/h6-7,10,14H,5,8H2,1-4H3. The van der Waals surface area contributed by atoms with Gasteiger partial charge in [0.1, 0.15) is 0 Å². The van der Waals surface area contributed by atoms with Gasteiger partial charge in [0.25, 0.3) is 0 Å². The Hall–Kier alpha value is -0.0900. The minimum Gasteiger partial charge on any atom is -0.377 e. The highest BCUT2D eigenvalue weighted by molar-refractivity contribution is 7.16. The van der Waals surface area contributed by atoms with Crippen molar-refractivity contribution in [2.75, 3.05) is 13.7 Å². The van der Waals surface area contributed by atoms with Crippen molar-refractivity contribution in [3.8, 4) is 0 Å². The average Bonchev–Trinajstić information content (AvgIpc) is 2.63. The van der Waals surface area contributed by atoms with E-state index >= 15 is 0 Å². The van der Waals surface area contributed by atoms with Crippen LogP contribution in [-0.4, -0.2) is 25.3 Å². The molecule has 0 radical (unpaired) electrons. The van der Waals surface area contributed by atoms with Gasteiger partial charge in [0, 0.05) is 18.0 Å². The first-order valence-electron chi connectivity index (χ1n) is 5.52. The van der Waals surface area contributed by atoms with Crippen LogP contribution in [0.1, 0.15) is 25.6 Å². The van der Waals surface area contributed by atoms with Gasteiger partial charge in [-0.2, -0.15) is 0 Å². The van der Waals surface area contributed by atoms with Crippen molar-refractivity contribution in [1.29, 1.82) is 0 Å². The van der Waals surface area contributed by atoms with E-state index in [4.69, 9.17) is 16.3 Å². The zero-order chi connectivity index (χ0) is 12.2. The first-order chi connectivity index (χ1) is 7.49. The van der Waals surface area contributed by atoms with Gasteiger partial charge < -0.3 is 10.1 Å². The third kappa shape index (κ3) is 3.74. The summed E-state index contributed by atoms with van der Waals surface area (Å²) in [6.07, 6.45) is 0.950. The topological polar surface area (TPSA) is 21.3 Å². The minimum absolute atomic E-state index is 0.174. The molecule has 1 rings (SSSR count). The molecule has 0 saturated carbocycles. The van der Waals surface area contributed by atoms with Crippen molar-refractivity contribution < 1.29 is 4.74 Å². The predicted octanol–water partition coefficient (Wildman–Crippen LogP) is 3.35. The van der Waals surface area contributed by atoms with Gasteiger partial charge in [-0.05, 0) is 38.9 Å². The summed E-state index contributed by atoms with van der Waals surface area (Å²) in [5.74, 6) is 0. The Morgan fingerprint density at radius 1 is 1.50 bits per heavy atom. The Kier molecular flexibility index (Phi) is 5.25. The van der Waals surface area contributed by atoms with Gasteiger partial charge in [-0.15, -0.1) is 11.3 Å². The highest BCUT2D eigenvalue weighted by atomic mass is 35.5. The smallest absolute Gasteiger partial charge is 0.0931 e. The molecule has 0 amide bonds. The lowest BCUT2D eigenvalue weighted by Gasteiger charge is -2.33. The fourth-order valence-corrected chi connectivity index (χ4v) is 2.75. The molecule has 1 atom stereocenters. The number of likely N-dealkylation sites (N-methyl/N-ethyl adjacent to an activating group) is 1. The Morgan fingerprint density at radius 2 is 2.19 bits per heavy atom. The van der Waals surface area contributed by atoms with E-state index < -0.39 is 0 Å². The van der Waals surface area contributed by atoms with E-state index in [1.54, 1.807) is 18.4 Å². The van der Waals surface area contributed by atoms with Crippen LogP contribution in [0.5, 0.6) is 0 Å². The molecule has 0 aliphatic carbocycles. The normalized spacial score (nSPS) is 14.1. The molecule has 1 unspecified atom stereocenters. The van der Waals surface area contributed by atoms with Crippen molar-refractivity contribution in [2.45, 2.75) is 38.8 Å². The van der Waals surface area contributed by atoms with Crippen molar-refractivity contribution in [1.82, 2.24) is 5.32 Å². The fourth-order valence-electron chi connectivity index (χ4n) is 1.62. The summed E-state index contributed by atoms with van der Waals surface area (Å²) in [6, 6.07) is 4.34. The molecule has 16 heavy (non-hydrogen) atoms. The van der Waals surface area contributed by atoms with Crippen molar-refractivity contribution >= 4 is 22.9 Å². The zero-order valence-corrected chi connectivity index (χ0v) is 11.9. The molecule has 0 saturated heterocycles. The van der Waals surface area contributed by atoms with Gasteiger partial charge in [-0.3, -0.25) is 0 Å². The van der Waals surface area contributed by atoms with Crippen LogP contribution >= 0.6 is 22.9 Å². The van der Waals surface area contributed by atoms with Crippen LogP contribution in [0, 0.1) is 0 Å². The summed E-state index contributed by atoms with van der Waals surface area (Å²) in [7, 11) is 1.76. The molecule has 1 N–H and O–H groups in total. The van der Waals surface area contributed by atoms with E-state index in [0.29, 0.717) is 6.04 Å². The second-order valence-electron chi connectivity index (χ2n) is 4.33. The average molecular weight is 262 g/mol. The number of hydrogen-bond donors (Lipinski definition) is 1.